The summed E-state index contributed by atoms with van der Waals surface area (Å²) in [4.78, 5) is 36.3. The highest BCUT2D eigenvalue weighted by Crippen LogP contribution is 2.10. The summed E-state index contributed by atoms with van der Waals surface area (Å²) in [7, 11) is 0. The molecule has 0 fully saturated rings. The van der Waals surface area contributed by atoms with Gasteiger partial charge in [0.2, 0.25) is 5.78 Å². The van der Waals surface area contributed by atoms with Gasteiger partial charge in [-0.2, -0.15) is 0 Å². The molecular formula is C8H7NO4S. The van der Waals surface area contributed by atoms with E-state index in [1.165, 1.54) is 29.2 Å². The van der Waals surface area contributed by atoms with Crippen molar-refractivity contribution in [2.75, 3.05) is 0 Å². The van der Waals surface area contributed by atoms with E-state index in [1.807, 2.05) is 0 Å². The first kappa shape index (κ1) is 10.5. The first-order valence-corrected chi connectivity index (χ1v) is 4.68. The predicted octanol–water partition coefficient (Wildman–Crippen LogP) is 0.616. The Kier molecular flexibility index (Phi) is 3.08. The second kappa shape index (κ2) is 4.10. The highest BCUT2D eigenvalue weighted by molar-refractivity contribution is 7.07. The van der Waals surface area contributed by atoms with Gasteiger partial charge in [0.1, 0.15) is 5.69 Å². The van der Waals surface area contributed by atoms with Gasteiger partial charge in [-0.05, 0) is 6.92 Å². The molecule has 0 saturated heterocycles. The Morgan fingerprint density at radius 2 is 2.14 bits per heavy atom. The van der Waals surface area contributed by atoms with Crippen LogP contribution in [0.4, 0.5) is 0 Å². The molecule has 0 spiro atoms. The van der Waals surface area contributed by atoms with E-state index in [2.05, 4.69) is 4.98 Å². The summed E-state index contributed by atoms with van der Waals surface area (Å²) in [6.07, 6.45) is 0. The van der Waals surface area contributed by atoms with Gasteiger partial charge in [0.05, 0.1) is 11.4 Å². The molecule has 1 N–H and O–H groups in total. The second-order valence-corrected chi connectivity index (χ2v) is 3.35. The van der Waals surface area contributed by atoms with Gasteiger partial charge in [-0.1, -0.05) is 0 Å². The van der Waals surface area contributed by atoms with Crippen molar-refractivity contribution in [1.29, 1.82) is 0 Å². The highest BCUT2D eigenvalue weighted by Gasteiger charge is 2.28. The van der Waals surface area contributed by atoms with Crippen LogP contribution in [0, 0.1) is 5.92 Å². The smallest absolute Gasteiger partial charge is 0.372 e. The number of hydrogen-bond acceptors (Lipinski definition) is 5. The molecule has 74 valence electrons. The number of carbonyl (C=O) groups excluding carboxylic acids is 2. The molecule has 0 amide bonds. The maximum atomic E-state index is 11.4. The number of ketones is 2. The number of hydrogen-bond donors (Lipinski definition) is 1. The van der Waals surface area contributed by atoms with Crippen LogP contribution in [-0.4, -0.2) is 27.6 Å². The topological polar surface area (TPSA) is 84.3 Å². The van der Waals surface area contributed by atoms with Gasteiger partial charge < -0.3 is 5.11 Å². The zero-order valence-corrected chi connectivity index (χ0v) is 8.08. The van der Waals surface area contributed by atoms with Crippen LogP contribution in [0.1, 0.15) is 17.4 Å². The van der Waals surface area contributed by atoms with Crippen molar-refractivity contribution < 1.29 is 19.5 Å². The number of rotatable bonds is 4. The Labute approximate surface area is 83.4 Å². The fourth-order valence-corrected chi connectivity index (χ4v) is 1.40. The van der Waals surface area contributed by atoms with Crippen LogP contribution in [0.3, 0.4) is 0 Å². The Morgan fingerprint density at radius 1 is 1.50 bits per heavy atom. The number of Topliss-reactive ketones (excluding diaryl/α,β-unsaturated/α-hetero) is 2. The van der Waals surface area contributed by atoms with E-state index in [9.17, 15) is 14.4 Å². The maximum Gasteiger partial charge on any atom is 0.372 e. The average molecular weight is 213 g/mol. The molecule has 0 aliphatic heterocycles. The van der Waals surface area contributed by atoms with Crippen molar-refractivity contribution in [3.63, 3.8) is 0 Å². The molecule has 0 bridgehead atoms. The Balaban J connectivity index is 2.81. The zero-order valence-electron chi connectivity index (χ0n) is 7.26. The molecule has 1 heterocycles. The number of nitrogens with zero attached hydrogens (tertiary/aromatic N) is 1. The number of aromatic nitrogens is 1. The van der Waals surface area contributed by atoms with Crippen molar-refractivity contribution in [3.05, 3.63) is 16.6 Å². The van der Waals surface area contributed by atoms with Crippen LogP contribution >= 0.6 is 11.3 Å². The third-order valence-electron chi connectivity index (χ3n) is 1.68. The third-order valence-corrected chi connectivity index (χ3v) is 2.27. The summed E-state index contributed by atoms with van der Waals surface area (Å²) in [5.74, 6) is -4.43. The first-order valence-electron chi connectivity index (χ1n) is 3.73. The van der Waals surface area contributed by atoms with Gasteiger partial charge in [0.15, 0.2) is 5.78 Å². The molecule has 0 radical (unpaired) electrons. The summed E-state index contributed by atoms with van der Waals surface area (Å²) in [5.41, 5.74) is 1.59. The fraction of sp³-hybridized carbons (Fsp3) is 0.250. The van der Waals surface area contributed by atoms with Gasteiger partial charge in [-0.3, -0.25) is 9.59 Å². The van der Waals surface area contributed by atoms with E-state index in [4.69, 9.17) is 5.11 Å². The largest absolute Gasteiger partial charge is 0.475 e. The van der Waals surface area contributed by atoms with Gasteiger partial charge >= 0.3 is 5.97 Å². The molecular weight excluding hydrogens is 206 g/mol. The van der Waals surface area contributed by atoms with Crippen LogP contribution < -0.4 is 0 Å². The number of carboxylic acid groups (broad SMARTS) is 1. The Hall–Kier alpha value is -1.56. The van der Waals surface area contributed by atoms with E-state index in [-0.39, 0.29) is 5.69 Å². The quantitative estimate of drug-likeness (QED) is 0.450. The van der Waals surface area contributed by atoms with Crippen LogP contribution in [-0.2, 0) is 9.59 Å². The normalized spacial score (nSPS) is 12.1. The van der Waals surface area contributed by atoms with Crippen molar-refractivity contribution >= 4 is 28.9 Å². The second-order valence-electron chi connectivity index (χ2n) is 2.63. The van der Waals surface area contributed by atoms with Crippen LogP contribution in [0.2, 0.25) is 0 Å². The molecule has 5 nitrogen and oxygen atoms in total. The molecule has 14 heavy (non-hydrogen) atoms. The van der Waals surface area contributed by atoms with Crippen molar-refractivity contribution in [1.82, 2.24) is 4.98 Å². The van der Waals surface area contributed by atoms with Gasteiger partial charge in [0, 0.05) is 5.38 Å². The molecule has 1 atom stereocenters. The minimum atomic E-state index is -1.60. The monoisotopic (exact) mass is 213 g/mol. The van der Waals surface area contributed by atoms with Gasteiger partial charge in [-0.15, -0.1) is 11.3 Å². The van der Waals surface area contributed by atoms with E-state index in [0.717, 1.165) is 0 Å². The minimum absolute atomic E-state index is 0.136. The Morgan fingerprint density at radius 3 is 2.57 bits per heavy atom. The van der Waals surface area contributed by atoms with Gasteiger partial charge in [-0.25, -0.2) is 9.78 Å². The number of carbonyl (C=O) groups is 3. The van der Waals surface area contributed by atoms with Crippen LogP contribution in [0.5, 0.6) is 0 Å². The molecule has 0 saturated carbocycles. The van der Waals surface area contributed by atoms with Crippen molar-refractivity contribution in [2.24, 2.45) is 5.92 Å². The molecule has 6 heteroatoms. The minimum Gasteiger partial charge on any atom is -0.475 e. The molecule has 0 aliphatic carbocycles. The van der Waals surface area contributed by atoms with Gasteiger partial charge in [0.25, 0.3) is 0 Å². The standard InChI is InChI=1S/C8H7NO4S/c1-4(7(11)8(12)13)6(10)5-2-14-3-9-5/h2-4H,1H3,(H,12,13). The fourth-order valence-electron chi connectivity index (χ4n) is 0.860. The van der Waals surface area contributed by atoms with Crippen molar-refractivity contribution in [2.45, 2.75) is 6.92 Å². The summed E-state index contributed by atoms with van der Waals surface area (Å²) >= 11 is 1.21. The van der Waals surface area contributed by atoms with Crippen molar-refractivity contribution in [3.8, 4) is 0 Å². The third kappa shape index (κ3) is 2.02. The molecule has 0 aromatic carbocycles. The molecule has 1 aromatic rings. The van der Waals surface area contributed by atoms with E-state index >= 15 is 0 Å². The molecule has 0 aliphatic rings. The number of carboxylic acids is 1. The molecule has 1 rings (SSSR count). The van der Waals surface area contributed by atoms with Crippen LogP contribution in [0.15, 0.2) is 10.9 Å². The SMILES string of the molecule is CC(C(=O)C(=O)O)C(=O)c1cscn1. The lowest BCUT2D eigenvalue weighted by Gasteiger charge is -2.02. The lowest BCUT2D eigenvalue weighted by Crippen LogP contribution is -2.27. The van der Waals surface area contributed by atoms with E-state index in [0.29, 0.717) is 0 Å². The lowest BCUT2D eigenvalue weighted by molar-refractivity contribution is -0.150. The predicted molar refractivity (Wildman–Crippen MR) is 48.3 cm³/mol. The lowest BCUT2D eigenvalue weighted by atomic mass is 10.00. The summed E-state index contributed by atoms with van der Waals surface area (Å²) < 4.78 is 0. The van der Waals surface area contributed by atoms with Crippen LogP contribution in [0.25, 0.3) is 0 Å². The first-order chi connectivity index (χ1) is 6.54. The molecule has 1 aromatic heterocycles. The van der Waals surface area contributed by atoms with E-state index < -0.39 is 23.5 Å². The zero-order chi connectivity index (χ0) is 10.7. The highest BCUT2D eigenvalue weighted by atomic mass is 32.1. The number of thiazole rings is 1. The summed E-state index contributed by atoms with van der Waals surface area (Å²) in [6.45, 7) is 1.26. The summed E-state index contributed by atoms with van der Waals surface area (Å²) in [5, 5.41) is 9.86. The average Bonchev–Trinajstić information content (AvgIpc) is 2.67. The maximum absolute atomic E-state index is 11.4. The molecule has 1 unspecified atom stereocenters. The van der Waals surface area contributed by atoms with E-state index in [1.54, 1.807) is 0 Å². The summed E-state index contributed by atoms with van der Waals surface area (Å²) in [6, 6.07) is 0. The number of aliphatic carboxylic acids is 1. The Bertz CT molecular complexity index is 371.